The maximum atomic E-state index is 13.7. The largest absolute Gasteiger partial charge is 0.444 e. The van der Waals surface area contributed by atoms with Crippen LogP contribution in [0.15, 0.2) is 67.0 Å². The van der Waals surface area contributed by atoms with Crippen LogP contribution in [-0.2, 0) is 16.6 Å². The van der Waals surface area contributed by atoms with Gasteiger partial charge in [-0.25, -0.2) is 4.79 Å². The zero-order valence-corrected chi connectivity index (χ0v) is 26.3. The number of aromatic nitrogens is 2. The molecule has 1 saturated heterocycles. The van der Waals surface area contributed by atoms with Crippen molar-refractivity contribution in [1.29, 1.82) is 0 Å². The summed E-state index contributed by atoms with van der Waals surface area (Å²) in [5.41, 5.74) is 4.12. The van der Waals surface area contributed by atoms with Crippen molar-refractivity contribution in [2.45, 2.75) is 71.6 Å². The summed E-state index contributed by atoms with van der Waals surface area (Å²) in [7, 11) is 1.89. The van der Waals surface area contributed by atoms with Gasteiger partial charge in [0.15, 0.2) is 0 Å². The van der Waals surface area contributed by atoms with Gasteiger partial charge in [0.1, 0.15) is 11.6 Å². The van der Waals surface area contributed by atoms with Crippen molar-refractivity contribution in [3.63, 3.8) is 0 Å². The number of benzene rings is 3. The van der Waals surface area contributed by atoms with Crippen molar-refractivity contribution in [3.8, 4) is 11.1 Å². The number of fused-ring (bicyclic) bond motifs is 1. The Morgan fingerprint density at radius 1 is 1.02 bits per heavy atom. The summed E-state index contributed by atoms with van der Waals surface area (Å²) in [6.07, 6.45) is 5.52. The quantitative estimate of drug-likeness (QED) is 0.256. The SMILES string of the molecule is Cc1ccc(NC(=O)[C@H]2CCCCN2C(=O)OC(C)(C)C)cc1C(=O)NC(C)c1cc(-c2cnn(C)c2)cc2ccccc12. The first kappa shape index (κ1) is 30.8. The molecule has 5 rings (SSSR count). The van der Waals surface area contributed by atoms with E-state index in [0.717, 1.165) is 45.9 Å². The van der Waals surface area contributed by atoms with E-state index in [1.54, 1.807) is 16.8 Å². The van der Waals surface area contributed by atoms with E-state index in [1.807, 2.05) is 72.3 Å². The van der Waals surface area contributed by atoms with Gasteiger partial charge in [-0.3, -0.25) is 19.2 Å². The maximum Gasteiger partial charge on any atom is 0.410 e. The number of hydrogen-bond acceptors (Lipinski definition) is 5. The molecule has 3 amide bonds. The van der Waals surface area contributed by atoms with E-state index in [1.165, 1.54) is 4.90 Å². The number of nitrogens with one attached hydrogen (secondary N) is 2. The fourth-order valence-electron chi connectivity index (χ4n) is 5.70. The van der Waals surface area contributed by atoms with Crippen molar-refractivity contribution in [1.82, 2.24) is 20.0 Å². The van der Waals surface area contributed by atoms with Gasteiger partial charge in [-0.05, 0) is 106 Å². The normalized spacial score (nSPS) is 16.0. The summed E-state index contributed by atoms with van der Waals surface area (Å²) in [5.74, 6) is -0.534. The van der Waals surface area contributed by atoms with Gasteiger partial charge in [0.2, 0.25) is 5.91 Å². The minimum Gasteiger partial charge on any atom is -0.444 e. The number of rotatable bonds is 6. The van der Waals surface area contributed by atoms with Gasteiger partial charge < -0.3 is 15.4 Å². The molecule has 0 saturated carbocycles. The summed E-state index contributed by atoms with van der Waals surface area (Å²) in [5, 5.41) is 12.6. The van der Waals surface area contributed by atoms with Crippen molar-refractivity contribution in [2.24, 2.45) is 7.05 Å². The molecular formula is C35H41N5O4. The van der Waals surface area contributed by atoms with Gasteiger partial charge in [0.25, 0.3) is 5.91 Å². The van der Waals surface area contributed by atoms with Crippen LogP contribution < -0.4 is 10.6 Å². The minimum absolute atomic E-state index is 0.241. The highest BCUT2D eigenvalue weighted by Gasteiger charge is 2.35. The minimum atomic E-state index is -0.654. The Kier molecular flexibility index (Phi) is 8.76. The zero-order chi connectivity index (χ0) is 31.6. The highest BCUT2D eigenvalue weighted by atomic mass is 16.6. The van der Waals surface area contributed by atoms with Crippen molar-refractivity contribution in [2.75, 3.05) is 11.9 Å². The van der Waals surface area contributed by atoms with Gasteiger partial charge in [-0.2, -0.15) is 5.10 Å². The predicted octanol–water partition coefficient (Wildman–Crippen LogP) is 6.77. The van der Waals surface area contributed by atoms with E-state index in [0.29, 0.717) is 24.2 Å². The van der Waals surface area contributed by atoms with Gasteiger partial charge in [0, 0.05) is 36.6 Å². The lowest BCUT2D eigenvalue weighted by molar-refractivity contribution is -0.122. The van der Waals surface area contributed by atoms with Crippen molar-refractivity contribution < 1.29 is 19.1 Å². The predicted molar refractivity (Wildman–Crippen MR) is 172 cm³/mol. The number of anilines is 1. The second-order valence-electron chi connectivity index (χ2n) is 12.6. The molecule has 0 radical (unpaired) electrons. The molecule has 9 nitrogen and oxygen atoms in total. The lowest BCUT2D eigenvalue weighted by atomic mass is 9.94. The Morgan fingerprint density at radius 3 is 2.52 bits per heavy atom. The van der Waals surface area contributed by atoms with Crippen LogP contribution in [0.3, 0.4) is 0 Å². The molecule has 2 atom stereocenters. The number of amides is 3. The van der Waals surface area contributed by atoms with E-state index in [2.05, 4.69) is 40.0 Å². The molecule has 1 fully saturated rings. The van der Waals surface area contributed by atoms with E-state index in [-0.39, 0.29) is 17.9 Å². The Labute approximate surface area is 258 Å². The van der Waals surface area contributed by atoms with Crippen LogP contribution in [0.2, 0.25) is 0 Å². The molecular weight excluding hydrogens is 554 g/mol. The van der Waals surface area contributed by atoms with Gasteiger partial charge >= 0.3 is 6.09 Å². The van der Waals surface area contributed by atoms with Crippen LogP contribution >= 0.6 is 0 Å². The second-order valence-corrected chi connectivity index (χ2v) is 12.6. The molecule has 0 aliphatic carbocycles. The molecule has 4 aromatic rings. The fraction of sp³-hybridized carbons (Fsp3) is 0.371. The average molecular weight is 596 g/mol. The molecule has 1 aliphatic rings. The number of ether oxygens (including phenoxy) is 1. The summed E-state index contributed by atoms with van der Waals surface area (Å²) in [6.45, 7) is 9.73. The fourth-order valence-corrected chi connectivity index (χ4v) is 5.70. The van der Waals surface area contributed by atoms with Crippen LogP contribution in [-0.4, -0.2) is 50.8 Å². The van der Waals surface area contributed by atoms with Gasteiger partial charge in [-0.1, -0.05) is 30.3 Å². The second kappa shape index (κ2) is 12.5. The van der Waals surface area contributed by atoms with Crippen molar-refractivity contribution >= 4 is 34.4 Å². The van der Waals surface area contributed by atoms with E-state index in [9.17, 15) is 14.4 Å². The van der Waals surface area contributed by atoms with Crippen molar-refractivity contribution in [3.05, 3.63) is 83.7 Å². The van der Waals surface area contributed by atoms with E-state index in [4.69, 9.17) is 4.74 Å². The first-order valence-electron chi connectivity index (χ1n) is 15.1. The maximum absolute atomic E-state index is 13.7. The molecule has 1 unspecified atom stereocenters. The zero-order valence-electron chi connectivity index (χ0n) is 26.3. The molecule has 230 valence electrons. The number of piperidine rings is 1. The summed E-state index contributed by atoms with van der Waals surface area (Å²) < 4.78 is 7.33. The third-order valence-corrected chi connectivity index (χ3v) is 7.93. The molecule has 1 aliphatic heterocycles. The number of aryl methyl sites for hydroxylation is 2. The monoisotopic (exact) mass is 595 g/mol. The van der Waals surface area contributed by atoms with Crippen LogP contribution in [0.5, 0.6) is 0 Å². The number of hydrogen-bond donors (Lipinski definition) is 2. The smallest absolute Gasteiger partial charge is 0.410 e. The van der Waals surface area contributed by atoms with Gasteiger partial charge in [-0.15, -0.1) is 0 Å². The topological polar surface area (TPSA) is 106 Å². The lowest BCUT2D eigenvalue weighted by Gasteiger charge is -2.35. The number of carbonyl (C=O) groups is 3. The molecule has 0 bridgehead atoms. The van der Waals surface area contributed by atoms with Crippen LogP contribution in [0.1, 0.15) is 74.5 Å². The van der Waals surface area contributed by atoms with Crippen LogP contribution in [0.25, 0.3) is 21.9 Å². The number of nitrogens with zero attached hydrogens (tertiary/aromatic N) is 3. The molecule has 2 heterocycles. The molecule has 3 aromatic carbocycles. The Morgan fingerprint density at radius 2 is 1.80 bits per heavy atom. The molecule has 1 aromatic heterocycles. The average Bonchev–Trinajstić information content (AvgIpc) is 3.42. The summed E-state index contributed by atoms with van der Waals surface area (Å²) in [6, 6.07) is 16.7. The van der Waals surface area contributed by atoms with Crippen LogP contribution in [0, 0.1) is 6.92 Å². The molecule has 2 N–H and O–H groups in total. The molecule has 9 heteroatoms. The first-order valence-corrected chi connectivity index (χ1v) is 15.1. The third kappa shape index (κ3) is 6.93. The third-order valence-electron chi connectivity index (χ3n) is 7.93. The highest BCUT2D eigenvalue weighted by molar-refractivity contribution is 6.00. The summed E-state index contributed by atoms with van der Waals surface area (Å²) >= 11 is 0. The standard InChI is InChI=1S/C35H41N5O4/c1-22-14-15-27(38-33(42)31-13-9-10-16-40(31)34(43)44-35(3,4)5)19-29(22)32(41)37-23(2)30-18-25(26-20-36-39(6)21-26)17-24-11-7-8-12-28(24)30/h7-8,11-12,14-15,17-21,23,31H,9-10,13,16H2,1-6H3,(H,37,41)(H,38,42)/t23?,31-/m1/s1. The van der Waals surface area contributed by atoms with Gasteiger partial charge in [0.05, 0.1) is 12.2 Å². The Hall–Kier alpha value is -4.66. The first-order chi connectivity index (χ1) is 20.9. The van der Waals surface area contributed by atoms with E-state index < -0.39 is 17.7 Å². The molecule has 44 heavy (non-hydrogen) atoms. The van der Waals surface area contributed by atoms with E-state index >= 15 is 0 Å². The molecule has 0 spiro atoms. The number of likely N-dealkylation sites (tertiary alicyclic amines) is 1. The number of carbonyl (C=O) groups excluding carboxylic acids is 3. The Bertz CT molecular complexity index is 1700. The van der Waals surface area contributed by atoms with Crippen LogP contribution in [0.4, 0.5) is 10.5 Å². The Balaban J connectivity index is 1.35. The highest BCUT2D eigenvalue weighted by Crippen LogP contribution is 2.31. The lowest BCUT2D eigenvalue weighted by Crippen LogP contribution is -2.51. The summed E-state index contributed by atoms with van der Waals surface area (Å²) in [4.78, 5) is 41.4.